The van der Waals surface area contributed by atoms with Crippen LogP contribution in [0.2, 0.25) is 0 Å². The number of carbonyl (C=O) groups is 1. The molecule has 0 aliphatic rings. The molecule has 4 heteroatoms. The quantitative estimate of drug-likeness (QED) is 0.434. The Morgan fingerprint density at radius 2 is 2.50 bits per heavy atom. The van der Waals surface area contributed by atoms with Gasteiger partial charge in [-0.1, -0.05) is 0 Å². The van der Waals surface area contributed by atoms with Crippen molar-refractivity contribution in [3.63, 3.8) is 0 Å². The molecular weight excluding hydrogens is 108 g/mol. The highest BCUT2D eigenvalue weighted by molar-refractivity contribution is 5.64. The summed E-state index contributed by atoms with van der Waals surface area (Å²) in [7, 11) is 0. The number of hydrogen-bond acceptors (Lipinski definition) is 3. The fourth-order valence-electron chi connectivity index (χ4n) is 0.367. The summed E-state index contributed by atoms with van der Waals surface area (Å²) in [6.07, 6.45) is 2.57. The minimum atomic E-state index is -1.26. The lowest BCUT2D eigenvalue weighted by atomic mass is 10.9. The Morgan fingerprint density at radius 1 is 1.75 bits per heavy atom. The van der Waals surface area contributed by atoms with Crippen LogP contribution in [0, 0.1) is 0 Å². The number of nitrogens with zero attached hydrogens (tertiary/aromatic N) is 2. The van der Waals surface area contributed by atoms with Crippen molar-refractivity contribution >= 4 is 6.09 Å². The summed E-state index contributed by atoms with van der Waals surface area (Å²) in [6.45, 7) is 0. The van der Waals surface area contributed by atoms with Gasteiger partial charge in [0.15, 0.2) is 0 Å². The van der Waals surface area contributed by atoms with E-state index in [1.54, 1.807) is 0 Å². The van der Waals surface area contributed by atoms with Gasteiger partial charge in [0.1, 0.15) is 12.4 Å². The standard InChI is InChI=1S/C4H4N2O2/c7-4(8)6-2-1-5-3-6/h1-3H,(H,7,8)/p-1. The number of rotatable bonds is 0. The SMILES string of the molecule is O=C([O-])n1ccnc1. The van der Waals surface area contributed by atoms with Crippen LogP contribution in [0.5, 0.6) is 0 Å². The highest BCUT2D eigenvalue weighted by Crippen LogP contribution is 1.79. The van der Waals surface area contributed by atoms with Crippen LogP contribution in [-0.4, -0.2) is 15.6 Å². The summed E-state index contributed by atoms with van der Waals surface area (Å²) < 4.78 is 0.861. The van der Waals surface area contributed by atoms with Gasteiger partial charge in [-0.05, 0) is 0 Å². The molecule has 1 heterocycles. The first-order valence-corrected chi connectivity index (χ1v) is 2.00. The van der Waals surface area contributed by atoms with E-state index in [4.69, 9.17) is 0 Å². The predicted molar refractivity (Wildman–Crippen MR) is 23.0 cm³/mol. The van der Waals surface area contributed by atoms with Gasteiger partial charge in [0.2, 0.25) is 0 Å². The number of aromatic nitrogens is 2. The molecule has 0 aromatic carbocycles. The maximum Gasteiger partial charge on any atom is 0.146 e. The van der Waals surface area contributed by atoms with Crippen molar-refractivity contribution in [1.82, 2.24) is 9.55 Å². The van der Waals surface area contributed by atoms with Crippen molar-refractivity contribution in [2.24, 2.45) is 0 Å². The highest BCUT2D eigenvalue weighted by atomic mass is 16.4. The van der Waals surface area contributed by atoms with Gasteiger partial charge in [-0.3, -0.25) is 4.57 Å². The van der Waals surface area contributed by atoms with Crippen LogP contribution in [0.3, 0.4) is 0 Å². The van der Waals surface area contributed by atoms with E-state index in [9.17, 15) is 9.90 Å². The van der Waals surface area contributed by atoms with E-state index >= 15 is 0 Å². The average Bonchev–Trinajstić information content (AvgIpc) is 2.12. The van der Waals surface area contributed by atoms with E-state index < -0.39 is 6.09 Å². The lowest BCUT2D eigenvalue weighted by Crippen LogP contribution is -2.27. The van der Waals surface area contributed by atoms with Gasteiger partial charge < -0.3 is 9.90 Å². The molecule has 0 aliphatic heterocycles. The Morgan fingerprint density at radius 3 is 2.75 bits per heavy atom. The molecule has 42 valence electrons. The molecule has 0 bridgehead atoms. The van der Waals surface area contributed by atoms with Crippen molar-refractivity contribution in [2.45, 2.75) is 0 Å². The van der Waals surface area contributed by atoms with E-state index in [0.717, 1.165) is 10.9 Å². The zero-order chi connectivity index (χ0) is 5.98. The van der Waals surface area contributed by atoms with Crippen molar-refractivity contribution < 1.29 is 9.90 Å². The first kappa shape index (κ1) is 4.83. The zero-order valence-electron chi connectivity index (χ0n) is 3.94. The number of imidazole rings is 1. The Balaban J connectivity index is 2.93. The topological polar surface area (TPSA) is 57.9 Å². The van der Waals surface area contributed by atoms with Crippen LogP contribution in [0.15, 0.2) is 18.7 Å². The molecule has 0 saturated heterocycles. The lowest BCUT2D eigenvalue weighted by Gasteiger charge is -1.97. The normalized spacial score (nSPS) is 9.00. The van der Waals surface area contributed by atoms with Crippen LogP contribution in [-0.2, 0) is 0 Å². The van der Waals surface area contributed by atoms with Crippen molar-refractivity contribution in [3.8, 4) is 0 Å². The third kappa shape index (κ3) is 0.676. The van der Waals surface area contributed by atoms with Gasteiger partial charge in [-0.2, -0.15) is 0 Å². The number of carbonyl (C=O) groups excluding carboxylic acids is 1. The van der Waals surface area contributed by atoms with Crippen LogP contribution in [0.4, 0.5) is 4.79 Å². The van der Waals surface area contributed by atoms with Crippen molar-refractivity contribution in [3.05, 3.63) is 18.7 Å². The van der Waals surface area contributed by atoms with E-state index in [1.165, 1.54) is 12.4 Å². The number of carboxylic acid groups (broad SMARTS) is 1. The molecule has 0 atom stereocenters. The molecular formula is C4H3N2O2-. The third-order valence-electron chi connectivity index (χ3n) is 0.715. The first-order chi connectivity index (χ1) is 3.80. The molecule has 0 unspecified atom stereocenters. The van der Waals surface area contributed by atoms with Gasteiger partial charge in [-0.15, -0.1) is 0 Å². The second kappa shape index (κ2) is 1.65. The summed E-state index contributed by atoms with van der Waals surface area (Å²) in [5, 5.41) is 9.87. The molecule has 0 spiro atoms. The second-order valence-electron chi connectivity index (χ2n) is 1.24. The van der Waals surface area contributed by atoms with Crippen molar-refractivity contribution in [2.75, 3.05) is 0 Å². The maximum atomic E-state index is 9.87. The molecule has 0 radical (unpaired) electrons. The average molecular weight is 111 g/mol. The molecule has 1 rings (SSSR count). The Labute approximate surface area is 45.4 Å². The smallest absolute Gasteiger partial charge is 0.146 e. The third-order valence-corrected chi connectivity index (χ3v) is 0.715. The van der Waals surface area contributed by atoms with Gasteiger partial charge >= 0.3 is 0 Å². The summed E-state index contributed by atoms with van der Waals surface area (Å²) in [4.78, 5) is 13.4. The van der Waals surface area contributed by atoms with Crippen LogP contribution >= 0.6 is 0 Å². The van der Waals surface area contributed by atoms with Gasteiger partial charge in [0.25, 0.3) is 0 Å². The fraction of sp³-hybridized carbons (Fsp3) is 0. The molecule has 0 amide bonds. The fourth-order valence-corrected chi connectivity index (χ4v) is 0.367. The second-order valence-corrected chi connectivity index (χ2v) is 1.24. The van der Waals surface area contributed by atoms with Gasteiger partial charge in [-0.25, -0.2) is 4.98 Å². The van der Waals surface area contributed by atoms with Crippen LogP contribution < -0.4 is 5.11 Å². The molecule has 4 nitrogen and oxygen atoms in total. The summed E-state index contributed by atoms with van der Waals surface area (Å²) in [5.41, 5.74) is 0. The lowest BCUT2D eigenvalue weighted by molar-refractivity contribution is -0.250. The Kier molecular flexibility index (Phi) is 0.997. The molecule has 1 aromatic rings. The van der Waals surface area contributed by atoms with Crippen molar-refractivity contribution in [1.29, 1.82) is 0 Å². The highest BCUT2D eigenvalue weighted by Gasteiger charge is 1.83. The molecule has 1 aromatic heterocycles. The number of hydrogen-bond donors (Lipinski definition) is 0. The molecule has 0 fully saturated rings. The summed E-state index contributed by atoms with van der Waals surface area (Å²) in [5.74, 6) is 0. The predicted octanol–water partition coefficient (Wildman–Crippen LogP) is -0.926. The first-order valence-electron chi connectivity index (χ1n) is 2.00. The zero-order valence-corrected chi connectivity index (χ0v) is 3.94. The van der Waals surface area contributed by atoms with E-state index in [-0.39, 0.29) is 0 Å². The summed E-state index contributed by atoms with van der Waals surface area (Å²) in [6, 6.07) is 0. The van der Waals surface area contributed by atoms with E-state index in [1.807, 2.05) is 0 Å². The van der Waals surface area contributed by atoms with Crippen LogP contribution in [0.1, 0.15) is 0 Å². The largest absolute Gasteiger partial charge is 0.529 e. The molecule has 0 N–H and O–H groups in total. The van der Waals surface area contributed by atoms with E-state index in [2.05, 4.69) is 4.98 Å². The minimum absolute atomic E-state index is 0.861. The van der Waals surface area contributed by atoms with Gasteiger partial charge in [0.05, 0.1) is 0 Å². The monoisotopic (exact) mass is 111 g/mol. The van der Waals surface area contributed by atoms with Gasteiger partial charge in [0, 0.05) is 12.4 Å². The Bertz CT molecular complexity index is 180. The maximum absolute atomic E-state index is 9.87. The van der Waals surface area contributed by atoms with Crippen LogP contribution in [0.25, 0.3) is 0 Å². The Hall–Kier alpha value is -1.32. The minimum Gasteiger partial charge on any atom is -0.529 e. The molecule has 8 heavy (non-hydrogen) atoms. The van der Waals surface area contributed by atoms with E-state index in [0.29, 0.717) is 0 Å². The molecule has 0 aliphatic carbocycles. The molecule has 0 saturated carbocycles. The summed E-state index contributed by atoms with van der Waals surface area (Å²) >= 11 is 0.